The molecule has 0 aliphatic heterocycles. The molecule has 8 rings (SSSR count). The van der Waals surface area contributed by atoms with Crippen LogP contribution < -0.4 is 0 Å². The zero-order chi connectivity index (χ0) is 25.1. The molecule has 38 heavy (non-hydrogen) atoms. The minimum Gasteiger partial charge on any atom is -0.0696 e. The van der Waals surface area contributed by atoms with E-state index in [0.717, 1.165) is 0 Å². The Bertz CT molecular complexity index is 2130. The Morgan fingerprint density at radius 1 is 0.316 bits per heavy atom. The average Bonchev–Trinajstić information content (AvgIpc) is 2.99. The molecule has 0 aromatic heterocycles. The van der Waals surface area contributed by atoms with Crippen LogP contribution in [0.2, 0.25) is 0 Å². The van der Waals surface area contributed by atoms with Crippen LogP contribution in [0.5, 0.6) is 0 Å². The van der Waals surface area contributed by atoms with Gasteiger partial charge in [0.15, 0.2) is 0 Å². The van der Waals surface area contributed by atoms with Gasteiger partial charge in [0.1, 0.15) is 0 Å². The van der Waals surface area contributed by atoms with Gasteiger partial charge >= 0.3 is 0 Å². The summed E-state index contributed by atoms with van der Waals surface area (Å²) in [5.41, 5.74) is 4.95. The van der Waals surface area contributed by atoms with Crippen LogP contribution in [0, 0.1) is 12.1 Å². The molecule has 0 fully saturated rings. The van der Waals surface area contributed by atoms with E-state index in [-0.39, 0.29) is 0 Å². The van der Waals surface area contributed by atoms with Crippen LogP contribution in [-0.2, 0) is 0 Å². The van der Waals surface area contributed by atoms with Gasteiger partial charge < -0.3 is 0 Å². The lowest BCUT2D eigenvalue weighted by atomic mass is 9.85. The van der Waals surface area contributed by atoms with E-state index < -0.39 is 0 Å². The van der Waals surface area contributed by atoms with E-state index in [1.165, 1.54) is 76.1 Å². The standard InChI is InChI=1S/C38H22/c1-2-11-28-23-29(21-17-25(28)9-1)37-32-13-5-7-15-34(32)38(35-16-8-6-14-33(35)37)30-22-20-27-19-18-26-10-3-4-12-31(26)36(27)24-30/h1-5,7,9-24H. The van der Waals surface area contributed by atoms with E-state index in [2.05, 4.69) is 146 Å². The molecule has 0 amide bonds. The lowest BCUT2D eigenvalue weighted by Crippen LogP contribution is -1.91. The molecule has 0 heteroatoms. The van der Waals surface area contributed by atoms with E-state index in [1.54, 1.807) is 0 Å². The van der Waals surface area contributed by atoms with Gasteiger partial charge in [0.25, 0.3) is 0 Å². The maximum atomic E-state index is 3.26. The number of hydrogen-bond donors (Lipinski definition) is 0. The normalized spacial score (nSPS) is 11.5. The quantitative estimate of drug-likeness (QED) is 0.217. The molecule has 0 aliphatic carbocycles. The van der Waals surface area contributed by atoms with Gasteiger partial charge in [0.05, 0.1) is 0 Å². The van der Waals surface area contributed by atoms with E-state index in [4.69, 9.17) is 0 Å². The highest BCUT2D eigenvalue weighted by molar-refractivity contribution is 6.22. The first-order chi connectivity index (χ1) is 18.8. The van der Waals surface area contributed by atoms with Gasteiger partial charge in [0, 0.05) is 0 Å². The molecule has 0 N–H and O–H groups in total. The van der Waals surface area contributed by atoms with Crippen LogP contribution in [0.3, 0.4) is 0 Å². The number of benzene rings is 7. The van der Waals surface area contributed by atoms with Crippen molar-refractivity contribution in [2.45, 2.75) is 0 Å². The molecule has 0 spiro atoms. The average molecular weight is 479 g/mol. The summed E-state index contributed by atoms with van der Waals surface area (Å²) in [5, 5.41) is 12.5. The minimum absolute atomic E-state index is 1.20. The fourth-order valence-corrected chi connectivity index (χ4v) is 6.13. The summed E-state index contributed by atoms with van der Waals surface area (Å²) in [6.07, 6.45) is 0. The molecular weight excluding hydrogens is 456 g/mol. The predicted molar refractivity (Wildman–Crippen MR) is 163 cm³/mol. The van der Waals surface area contributed by atoms with Gasteiger partial charge in [0.2, 0.25) is 0 Å². The highest BCUT2D eigenvalue weighted by Crippen LogP contribution is 2.44. The van der Waals surface area contributed by atoms with Crippen LogP contribution in [-0.4, -0.2) is 0 Å². The zero-order valence-electron chi connectivity index (χ0n) is 20.7. The number of hydrogen-bond acceptors (Lipinski definition) is 0. The molecule has 0 bridgehead atoms. The van der Waals surface area contributed by atoms with Crippen LogP contribution in [0.25, 0.3) is 76.1 Å². The minimum atomic E-state index is 1.20. The summed E-state index contributed by atoms with van der Waals surface area (Å²) in [6.45, 7) is 0. The molecule has 0 saturated carbocycles. The molecular formula is C38H22. The third-order valence-electron chi connectivity index (χ3n) is 7.88. The Hall–Kier alpha value is -5.12. The van der Waals surface area contributed by atoms with Crippen molar-refractivity contribution >= 4 is 53.9 Å². The van der Waals surface area contributed by atoms with Crippen molar-refractivity contribution in [1.29, 1.82) is 0 Å². The topological polar surface area (TPSA) is 0 Å². The fourth-order valence-electron chi connectivity index (χ4n) is 6.13. The SMILES string of the molecule is c1cc2c(-c3ccc4ccccc4c3)c3ccccc3c(-c3ccc4ccc5ccccc5c4c3)c2cc#1. The van der Waals surface area contributed by atoms with Crippen molar-refractivity contribution in [3.05, 3.63) is 146 Å². The van der Waals surface area contributed by atoms with Crippen LogP contribution in [0.15, 0.2) is 133 Å². The Kier molecular flexibility index (Phi) is 4.54. The lowest BCUT2D eigenvalue weighted by molar-refractivity contribution is 1.69. The summed E-state index contributed by atoms with van der Waals surface area (Å²) in [6, 6.07) is 54.9. The molecule has 8 aromatic carbocycles. The highest BCUT2D eigenvalue weighted by atomic mass is 14.2. The third kappa shape index (κ3) is 3.13. The lowest BCUT2D eigenvalue weighted by Gasteiger charge is -2.18. The summed E-state index contributed by atoms with van der Waals surface area (Å²) in [4.78, 5) is 0. The summed E-state index contributed by atoms with van der Waals surface area (Å²) < 4.78 is 0. The highest BCUT2D eigenvalue weighted by Gasteiger charge is 2.17. The van der Waals surface area contributed by atoms with Crippen molar-refractivity contribution in [2.24, 2.45) is 0 Å². The maximum Gasteiger partial charge on any atom is -0.000254 e. The zero-order valence-corrected chi connectivity index (χ0v) is 20.7. The van der Waals surface area contributed by atoms with Crippen molar-refractivity contribution in [3.63, 3.8) is 0 Å². The van der Waals surface area contributed by atoms with Gasteiger partial charge in [-0.15, -0.1) is 0 Å². The fraction of sp³-hybridized carbons (Fsp3) is 0. The molecule has 0 radical (unpaired) electrons. The largest absolute Gasteiger partial charge is 0.0696 e. The molecule has 0 unspecified atom stereocenters. The number of fused-ring (bicyclic) bond motifs is 6. The van der Waals surface area contributed by atoms with Gasteiger partial charge in [-0.1, -0.05) is 121 Å². The van der Waals surface area contributed by atoms with E-state index in [9.17, 15) is 0 Å². The first kappa shape index (κ1) is 21.0. The van der Waals surface area contributed by atoms with Crippen LogP contribution in [0.4, 0.5) is 0 Å². The third-order valence-corrected chi connectivity index (χ3v) is 7.88. The smallest absolute Gasteiger partial charge is 0.000254 e. The molecule has 8 aromatic rings. The summed E-state index contributed by atoms with van der Waals surface area (Å²) >= 11 is 0. The molecule has 0 nitrogen and oxygen atoms in total. The van der Waals surface area contributed by atoms with Crippen LogP contribution in [0.1, 0.15) is 0 Å². The predicted octanol–water partition coefficient (Wildman–Crippen LogP) is 10.4. The van der Waals surface area contributed by atoms with Crippen molar-refractivity contribution in [2.75, 3.05) is 0 Å². The van der Waals surface area contributed by atoms with Crippen molar-refractivity contribution in [3.8, 4) is 22.3 Å². The second-order valence-corrected chi connectivity index (χ2v) is 9.98. The maximum absolute atomic E-state index is 3.26. The van der Waals surface area contributed by atoms with E-state index >= 15 is 0 Å². The van der Waals surface area contributed by atoms with Gasteiger partial charge in [-0.2, -0.15) is 0 Å². The Morgan fingerprint density at radius 3 is 1.47 bits per heavy atom. The van der Waals surface area contributed by atoms with E-state index in [0.29, 0.717) is 0 Å². The molecule has 0 aliphatic rings. The van der Waals surface area contributed by atoms with Gasteiger partial charge in [-0.25, -0.2) is 0 Å². The second kappa shape index (κ2) is 8.20. The molecule has 0 saturated heterocycles. The molecule has 0 atom stereocenters. The molecule has 0 heterocycles. The Morgan fingerprint density at radius 2 is 0.789 bits per heavy atom. The van der Waals surface area contributed by atoms with Crippen molar-refractivity contribution in [1.82, 2.24) is 0 Å². The molecule has 174 valence electrons. The van der Waals surface area contributed by atoms with Crippen molar-refractivity contribution < 1.29 is 0 Å². The van der Waals surface area contributed by atoms with Gasteiger partial charge in [-0.05, 0) is 100 Å². The van der Waals surface area contributed by atoms with E-state index in [1.807, 2.05) is 0 Å². The first-order valence-corrected chi connectivity index (χ1v) is 13.0. The Labute approximate surface area is 221 Å². The monoisotopic (exact) mass is 478 g/mol. The Balaban J connectivity index is 1.49. The van der Waals surface area contributed by atoms with Gasteiger partial charge in [-0.3, -0.25) is 0 Å². The van der Waals surface area contributed by atoms with Crippen LogP contribution >= 0.6 is 0 Å². The second-order valence-electron chi connectivity index (χ2n) is 9.98. The summed E-state index contributed by atoms with van der Waals surface area (Å²) in [7, 11) is 0. The summed E-state index contributed by atoms with van der Waals surface area (Å²) in [5.74, 6) is 0. The number of rotatable bonds is 2. The first-order valence-electron chi connectivity index (χ1n) is 13.0.